The van der Waals surface area contributed by atoms with Crippen LogP contribution < -0.4 is 10.2 Å². The molecule has 0 aliphatic heterocycles. The van der Waals surface area contributed by atoms with Crippen LogP contribution in [0.5, 0.6) is 5.75 Å². The predicted octanol–water partition coefficient (Wildman–Crippen LogP) is 4.75. The molecule has 0 saturated carbocycles. The number of alkyl halides is 2. The van der Waals surface area contributed by atoms with Crippen molar-refractivity contribution in [3.8, 4) is 5.75 Å². The first-order valence-corrected chi connectivity index (χ1v) is 8.33. The van der Waals surface area contributed by atoms with E-state index < -0.39 is 6.61 Å². The summed E-state index contributed by atoms with van der Waals surface area (Å²) in [6.07, 6.45) is 1.50. The first kappa shape index (κ1) is 17.2. The van der Waals surface area contributed by atoms with Crippen LogP contribution in [0.3, 0.4) is 0 Å². The Morgan fingerprint density at radius 2 is 1.92 bits per heavy atom. The van der Waals surface area contributed by atoms with Crippen LogP contribution in [0.1, 0.15) is 22.9 Å². The molecular weight excluding hydrogens is 346 g/mol. The molecule has 0 fully saturated rings. The van der Waals surface area contributed by atoms with Gasteiger partial charge < -0.3 is 4.74 Å². The number of hydrogen-bond donors (Lipinski definition) is 1. The van der Waals surface area contributed by atoms with E-state index in [0.717, 1.165) is 21.3 Å². The summed E-state index contributed by atoms with van der Waals surface area (Å²) in [6, 6.07) is 6.31. The molecule has 5 nitrogen and oxygen atoms in total. The Bertz CT molecular complexity index is 922. The lowest BCUT2D eigenvalue weighted by molar-refractivity contribution is -0.0498. The van der Waals surface area contributed by atoms with E-state index in [0.29, 0.717) is 11.5 Å². The highest BCUT2D eigenvalue weighted by atomic mass is 32.1. The Hall–Kier alpha value is -2.61. The van der Waals surface area contributed by atoms with Gasteiger partial charge in [-0.3, -0.25) is 5.43 Å². The topological polar surface area (TPSA) is 59.4 Å². The molecule has 2 heterocycles. The zero-order valence-electron chi connectivity index (χ0n) is 13.9. The fourth-order valence-electron chi connectivity index (χ4n) is 2.35. The molecular formula is C17H16F2N4OS. The molecule has 0 spiro atoms. The summed E-state index contributed by atoms with van der Waals surface area (Å²) >= 11 is 1.62. The molecule has 1 N–H and O–H groups in total. The number of ether oxygens (including phenoxy) is 1. The number of hydrogen-bond acceptors (Lipinski definition) is 6. The molecule has 3 rings (SSSR count). The summed E-state index contributed by atoms with van der Waals surface area (Å²) in [5, 5.41) is 5.31. The maximum atomic E-state index is 12.2. The van der Waals surface area contributed by atoms with E-state index in [1.807, 2.05) is 20.8 Å². The number of benzene rings is 1. The standard InChI is InChI=1S/C17H16F2N4OS/c1-9-11(3)25-16-14(9)15(20-8-21-16)23-22-10(2)12-4-6-13(7-5-12)24-17(18)19/h4-8,17H,1-3H3,(H,20,21,23)/b22-10-. The molecule has 0 atom stereocenters. The number of thiophene rings is 1. The van der Waals surface area contributed by atoms with Crippen molar-refractivity contribution in [2.45, 2.75) is 27.4 Å². The number of nitrogens with one attached hydrogen (secondary N) is 1. The van der Waals surface area contributed by atoms with Gasteiger partial charge in [-0.25, -0.2) is 9.97 Å². The van der Waals surface area contributed by atoms with E-state index in [1.54, 1.807) is 23.5 Å². The largest absolute Gasteiger partial charge is 0.435 e. The van der Waals surface area contributed by atoms with E-state index in [-0.39, 0.29) is 5.75 Å². The highest BCUT2D eigenvalue weighted by Crippen LogP contribution is 2.32. The lowest BCUT2D eigenvalue weighted by atomic mass is 10.1. The molecule has 130 valence electrons. The van der Waals surface area contributed by atoms with Crippen LogP contribution in [0.4, 0.5) is 14.6 Å². The van der Waals surface area contributed by atoms with Crippen molar-refractivity contribution in [3.63, 3.8) is 0 Å². The van der Waals surface area contributed by atoms with Crippen molar-refractivity contribution in [2.75, 3.05) is 5.43 Å². The van der Waals surface area contributed by atoms with Crippen molar-refractivity contribution in [1.82, 2.24) is 9.97 Å². The van der Waals surface area contributed by atoms with Gasteiger partial charge in [0.05, 0.1) is 11.1 Å². The molecule has 8 heteroatoms. The number of aryl methyl sites for hydroxylation is 2. The Labute approximate surface area is 147 Å². The Kier molecular flexibility index (Phi) is 4.89. The van der Waals surface area contributed by atoms with Crippen molar-refractivity contribution < 1.29 is 13.5 Å². The van der Waals surface area contributed by atoms with Crippen LogP contribution >= 0.6 is 11.3 Å². The average Bonchev–Trinajstić information content (AvgIpc) is 2.88. The van der Waals surface area contributed by atoms with E-state index in [1.165, 1.54) is 23.3 Å². The van der Waals surface area contributed by atoms with Gasteiger partial charge in [0.1, 0.15) is 16.9 Å². The SMILES string of the molecule is C/C(=N/Nc1ncnc2sc(C)c(C)c12)c1ccc(OC(F)F)cc1. The molecule has 0 aliphatic carbocycles. The minimum absolute atomic E-state index is 0.112. The third kappa shape index (κ3) is 3.74. The van der Waals surface area contributed by atoms with Crippen LogP contribution in [0.25, 0.3) is 10.2 Å². The van der Waals surface area contributed by atoms with Crippen LogP contribution in [0, 0.1) is 13.8 Å². The highest BCUT2D eigenvalue weighted by Gasteiger charge is 2.11. The number of fused-ring (bicyclic) bond motifs is 1. The quantitative estimate of drug-likeness (QED) is 0.526. The number of aromatic nitrogens is 2. The molecule has 3 aromatic rings. The van der Waals surface area contributed by atoms with Gasteiger partial charge in [0.15, 0.2) is 5.82 Å². The number of rotatable bonds is 5. The van der Waals surface area contributed by atoms with E-state index in [4.69, 9.17) is 0 Å². The maximum absolute atomic E-state index is 12.2. The minimum Gasteiger partial charge on any atom is -0.435 e. The summed E-state index contributed by atoms with van der Waals surface area (Å²) < 4.78 is 28.7. The lowest BCUT2D eigenvalue weighted by Gasteiger charge is -2.07. The number of anilines is 1. The highest BCUT2D eigenvalue weighted by molar-refractivity contribution is 7.18. The third-order valence-corrected chi connectivity index (χ3v) is 4.91. The van der Waals surface area contributed by atoms with Crippen LogP contribution in [-0.4, -0.2) is 22.3 Å². The minimum atomic E-state index is -2.83. The van der Waals surface area contributed by atoms with Crippen LogP contribution in [-0.2, 0) is 0 Å². The molecule has 0 amide bonds. The molecule has 0 radical (unpaired) electrons. The Morgan fingerprint density at radius 3 is 2.60 bits per heavy atom. The summed E-state index contributed by atoms with van der Waals surface area (Å²) in [7, 11) is 0. The average molecular weight is 362 g/mol. The zero-order valence-corrected chi connectivity index (χ0v) is 14.7. The van der Waals surface area contributed by atoms with Crippen molar-refractivity contribution in [1.29, 1.82) is 0 Å². The molecule has 0 saturated heterocycles. The smallest absolute Gasteiger partial charge is 0.387 e. The predicted molar refractivity (Wildman–Crippen MR) is 95.8 cm³/mol. The third-order valence-electron chi connectivity index (χ3n) is 3.79. The fourth-order valence-corrected chi connectivity index (χ4v) is 3.34. The first-order chi connectivity index (χ1) is 12.0. The number of halogens is 2. The maximum Gasteiger partial charge on any atom is 0.387 e. The van der Waals surface area contributed by atoms with E-state index >= 15 is 0 Å². The molecule has 25 heavy (non-hydrogen) atoms. The van der Waals surface area contributed by atoms with E-state index in [2.05, 4.69) is 25.2 Å². The second-order valence-corrected chi connectivity index (χ2v) is 6.60. The Balaban J connectivity index is 1.82. The summed E-state index contributed by atoms with van der Waals surface area (Å²) in [5.74, 6) is 0.755. The van der Waals surface area contributed by atoms with Gasteiger partial charge in [-0.1, -0.05) is 0 Å². The fraction of sp³-hybridized carbons (Fsp3) is 0.235. The molecule has 0 aliphatic rings. The van der Waals surface area contributed by atoms with Gasteiger partial charge >= 0.3 is 6.61 Å². The van der Waals surface area contributed by atoms with Gasteiger partial charge in [-0.2, -0.15) is 13.9 Å². The van der Waals surface area contributed by atoms with Gasteiger partial charge in [0.2, 0.25) is 0 Å². The van der Waals surface area contributed by atoms with Gasteiger partial charge in [-0.15, -0.1) is 11.3 Å². The van der Waals surface area contributed by atoms with Crippen molar-refractivity contribution in [2.24, 2.45) is 5.10 Å². The number of hydrazone groups is 1. The second kappa shape index (κ2) is 7.10. The van der Waals surface area contributed by atoms with Gasteiger partial charge in [0.25, 0.3) is 0 Å². The molecule has 0 unspecified atom stereocenters. The normalized spacial score (nSPS) is 12.0. The van der Waals surface area contributed by atoms with Gasteiger partial charge in [0, 0.05) is 4.88 Å². The number of nitrogens with zero attached hydrogens (tertiary/aromatic N) is 3. The van der Waals surface area contributed by atoms with Crippen LogP contribution in [0.2, 0.25) is 0 Å². The van der Waals surface area contributed by atoms with E-state index in [9.17, 15) is 8.78 Å². The summed E-state index contributed by atoms with van der Waals surface area (Å²) in [6.45, 7) is 3.06. The second-order valence-electron chi connectivity index (χ2n) is 5.40. The molecule has 0 bridgehead atoms. The van der Waals surface area contributed by atoms with Crippen molar-refractivity contribution >= 4 is 33.1 Å². The summed E-state index contributed by atoms with van der Waals surface area (Å²) in [4.78, 5) is 10.7. The Morgan fingerprint density at radius 1 is 1.20 bits per heavy atom. The zero-order chi connectivity index (χ0) is 18.0. The first-order valence-electron chi connectivity index (χ1n) is 7.52. The summed E-state index contributed by atoms with van der Waals surface area (Å²) in [5.41, 5.74) is 5.59. The molecule has 1 aromatic carbocycles. The van der Waals surface area contributed by atoms with Gasteiger partial charge in [-0.05, 0) is 56.2 Å². The van der Waals surface area contributed by atoms with Crippen molar-refractivity contribution in [3.05, 3.63) is 46.6 Å². The lowest BCUT2D eigenvalue weighted by Crippen LogP contribution is -2.03. The molecule has 2 aromatic heterocycles. The monoisotopic (exact) mass is 362 g/mol. The van der Waals surface area contributed by atoms with Crippen LogP contribution in [0.15, 0.2) is 35.7 Å².